The first kappa shape index (κ1) is 17.1. The first-order chi connectivity index (χ1) is 10.9. The molecule has 0 aromatic carbocycles. The highest BCUT2D eigenvalue weighted by molar-refractivity contribution is 5.28. The van der Waals surface area contributed by atoms with Crippen LogP contribution in [0.15, 0.2) is 36.5 Å². The van der Waals surface area contributed by atoms with Crippen LogP contribution < -0.4 is 0 Å². The third-order valence-corrected chi connectivity index (χ3v) is 7.77. The summed E-state index contributed by atoms with van der Waals surface area (Å²) < 4.78 is 0. The summed E-state index contributed by atoms with van der Waals surface area (Å²) in [4.78, 5) is 0. The molecule has 0 amide bonds. The molecule has 0 spiro atoms. The minimum absolute atomic E-state index is 0.334. The molecule has 2 unspecified atom stereocenters. The molecule has 3 aliphatic carbocycles. The molecule has 0 heterocycles. The van der Waals surface area contributed by atoms with Crippen molar-refractivity contribution in [3.05, 3.63) is 36.5 Å². The number of hydrogen-bond acceptors (Lipinski definition) is 0. The van der Waals surface area contributed by atoms with Crippen molar-refractivity contribution in [3.8, 4) is 0 Å². The van der Waals surface area contributed by atoms with Gasteiger partial charge in [-0.3, -0.25) is 0 Å². The Hall–Kier alpha value is -0.780. The number of hydrogen-bond donors (Lipinski definition) is 0. The van der Waals surface area contributed by atoms with Crippen molar-refractivity contribution in [1.29, 1.82) is 0 Å². The summed E-state index contributed by atoms with van der Waals surface area (Å²) >= 11 is 0. The number of fused-ring (bicyclic) bond motifs is 3. The van der Waals surface area contributed by atoms with Crippen LogP contribution in [0.2, 0.25) is 0 Å². The molecule has 0 aromatic heterocycles. The summed E-state index contributed by atoms with van der Waals surface area (Å²) in [6.45, 7) is 13.9. The van der Waals surface area contributed by atoms with E-state index in [0.717, 1.165) is 11.8 Å². The lowest BCUT2D eigenvalue weighted by atomic mass is 9.45. The average Bonchev–Trinajstić information content (AvgIpc) is 2.52. The Morgan fingerprint density at radius 2 is 2.00 bits per heavy atom. The highest BCUT2D eigenvalue weighted by Crippen LogP contribution is 2.64. The van der Waals surface area contributed by atoms with Gasteiger partial charge in [0.25, 0.3) is 0 Å². The smallest absolute Gasteiger partial charge is 0.00801 e. The van der Waals surface area contributed by atoms with Crippen LogP contribution in [0.3, 0.4) is 0 Å². The van der Waals surface area contributed by atoms with Gasteiger partial charge in [0.15, 0.2) is 0 Å². The molecule has 0 heteroatoms. The first-order valence-electron chi connectivity index (χ1n) is 9.82. The van der Waals surface area contributed by atoms with Crippen molar-refractivity contribution in [2.24, 2.45) is 28.1 Å². The van der Waals surface area contributed by atoms with Gasteiger partial charge in [-0.1, -0.05) is 57.1 Å². The summed E-state index contributed by atoms with van der Waals surface area (Å²) in [7, 11) is 0. The van der Waals surface area contributed by atoms with Crippen molar-refractivity contribution in [2.75, 3.05) is 0 Å². The largest absolute Gasteiger partial charge is 0.103 e. The average molecular weight is 313 g/mol. The van der Waals surface area contributed by atoms with Crippen LogP contribution in [0, 0.1) is 28.1 Å². The van der Waals surface area contributed by atoms with E-state index in [9.17, 15) is 0 Å². The zero-order valence-electron chi connectivity index (χ0n) is 15.8. The fourth-order valence-corrected chi connectivity index (χ4v) is 6.38. The van der Waals surface area contributed by atoms with E-state index in [0.29, 0.717) is 16.2 Å². The van der Waals surface area contributed by atoms with E-state index >= 15 is 0 Å². The van der Waals surface area contributed by atoms with Gasteiger partial charge in [-0.25, -0.2) is 0 Å². The lowest BCUT2D eigenvalue weighted by Crippen LogP contribution is -2.49. The third kappa shape index (κ3) is 2.77. The monoisotopic (exact) mass is 312 g/mol. The van der Waals surface area contributed by atoms with E-state index in [1.54, 1.807) is 0 Å². The molecule has 0 bridgehead atoms. The molecule has 3 aliphatic rings. The second-order valence-electron chi connectivity index (χ2n) is 9.45. The van der Waals surface area contributed by atoms with E-state index in [1.807, 2.05) is 5.57 Å². The molecule has 0 aliphatic heterocycles. The van der Waals surface area contributed by atoms with Gasteiger partial charge in [0.1, 0.15) is 0 Å². The van der Waals surface area contributed by atoms with Gasteiger partial charge in [0.2, 0.25) is 0 Å². The molecule has 3 rings (SSSR count). The van der Waals surface area contributed by atoms with Crippen LogP contribution in [0.4, 0.5) is 0 Å². The predicted octanol–water partition coefficient (Wildman–Crippen LogP) is 7.09. The Kier molecular flexibility index (Phi) is 4.40. The van der Waals surface area contributed by atoms with Gasteiger partial charge in [-0.05, 0) is 80.0 Å². The molecule has 0 nitrogen and oxygen atoms in total. The lowest BCUT2D eigenvalue weighted by molar-refractivity contribution is -0.0246. The van der Waals surface area contributed by atoms with Crippen molar-refractivity contribution in [1.82, 2.24) is 0 Å². The van der Waals surface area contributed by atoms with Gasteiger partial charge >= 0.3 is 0 Å². The highest BCUT2D eigenvalue weighted by Gasteiger charge is 2.54. The zero-order valence-corrected chi connectivity index (χ0v) is 15.8. The Morgan fingerprint density at radius 1 is 1.22 bits per heavy atom. The predicted molar refractivity (Wildman–Crippen MR) is 101 cm³/mol. The summed E-state index contributed by atoms with van der Waals surface area (Å²) in [5, 5.41) is 0. The van der Waals surface area contributed by atoms with E-state index in [2.05, 4.69) is 58.6 Å². The van der Waals surface area contributed by atoms with Crippen molar-refractivity contribution in [2.45, 2.75) is 79.1 Å². The van der Waals surface area contributed by atoms with Gasteiger partial charge in [-0.15, -0.1) is 6.58 Å². The van der Waals surface area contributed by atoms with Crippen LogP contribution in [0.1, 0.15) is 79.1 Å². The maximum Gasteiger partial charge on any atom is -0.00801 e. The topological polar surface area (TPSA) is 0 Å². The normalized spacial score (nSPS) is 46.9. The molecule has 5 atom stereocenters. The molecular weight excluding hydrogens is 276 g/mol. The Balaban J connectivity index is 1.93. The molecule has 2 fully saturated rings. The maximum absolute atomic E-state index is 4.11. The zero-order chi connectivity index (χ0) is 16.7. The third-order valence-electron chi connectivity index (χ3n) is 7.77. The van der Waals surface area contributed by atoms with Crippen LogP contribution >= 0.6 is 0 Å². The van der Waals surface area contributed by atoms with Gasteiger partial charge in [0.05, 0.1) is 0 Å². The quantitative estimate of drug-likeness (QED) is 0.488. The Morgan fingerprint density at radius 3 is 2.70 bits per heavy atom. The van der Waals surface area contributed by atoms with E-state index < -0.39 is 0 Å². The number of allylic oxidation sites excluding steroid dienone is 5. The van der Waals surface area contributed by atoms with E-state index in [4.69, 9.17) is 0 Å². The summed E-state index contributed by atoms with van der Waals surface area (Å²) in [6, 6.07) is 0. The standard InChI is InChI=1S/C23H36/c1-6-8-13-22(4)14-9-15-23(5)19-12-16-21(3,7-2)17-18(19)10-11-20(22)23/h6-8,12,18,20H,2,9-11,13-17H2,1,3-5H3/b8-6+/t18?,20?,21-,22+,23-/m0/s1. The summed E-state index contributed by atoms with van der Waals surface area (Å²) in [5.41, 5.74) is 3.13. The van der Waals surface area contributed by atoms with Crippen molar-refractivity contribution < 1.29 is 0 Å². The van der Waals surface area contributed by atoms with Crippen molar-refractivity contribution in [3.63, 3.8) is 0 Å². The summed E-state index contributed by atoms with van der Waals surface area (Å²) in [6.07, 6.45) is 20.4. The fourth-order valence-electron chi connectivity index (χ4n) is 6.38. The second-order valence-corrected chi connectivity index (χ2v) is 9.45. The minimum Gasteiger partial charge on any atom is -0.103 e. The molecule has 0 saturated heterocycles. The lowest BCUT2D eigenvalue weighted by Gasteiger charge is -2.59. The van der Waals surface area contributed by atoms with E-state index in [-0.39, 0.29) is 0 Å². The fraction of sp³-hybridized carbons (Fsp3) is 0.739. The molecule has 0 N–H and O–H groups in total. The van der Waals surface area contributed by atoms with Crippen LogP contribution in [-0.2, 0) is 0 Å². The van der Waals surface area contributed by atoms with Crippen LogP contribution in [-0.4, -0.2) is 0 Å². The van der Waals surface area contributed by atoms with Crippen LogP contribution in [0.5, 0.6) is 0 Å². The van der Waals surface area contributed by atoms with Crippen LogP contribution in [0.25, 0.3) is 0 Å². The molecule has 2 saturated carbocycles. The highest BCUT2D eigenvalue weighted by atomic mass is 14.6. The molecular formula is C23H36. The molecule has 0 radical (unpaired) electrons. The SMILES string of the molecule is C=C[C@@]1(C)CC=C2C(CCC3[C@](C)(C/C=C/C)CCC[C@@]23C)C1. The molecule has 23 heavy (non-hydrogen) atoms. The summed E-state index contributed by atoms with van der Waals surface area (Å²) in [5.74, 6) is 1.69. The first-order valence-corrected chi connectivity index (χ1v) is 9.82. The number of rotatable bonds is 3. The van der Waals surface area contributed by atoms with Gasteiger partial charge in [-0.2, -0.15) is 0 Å². The van der Waals surface area contributed by atoms with Gasteiger partial charge in [0, 0.05) is 0 Å². The van der Waals surface area contributed by atoms with E-state index in [1.165, 1.54) is 51.4 Å². The minimum atomic E-state index is 0.334. The second kappa shape index (κ2) is 5.94. The van der Waals surface area contributed by atoms with Crippen molar-refractivity contribution >= 4 is 0 Å². The molecule has 128 valence electrons. The molecule has 0 aromatic rings. The Bertz CT molecular complexity index is 524. The van der Waals surface area contributed by atoms with Gasteiger partial charge < -0.3 is 0 Å². The Labute approximate surface area is 144 Å². The maximum atomic E-state index is 4.11.